The van der Waals surface area contributed by atoms with Crippen molar-refractivity contribution < 1.29 is 34.2 Å². The van der Waals surface area contributed by atoms with Crippen molar-refractivity contribution in [2.45, 2.75) is 56.7 Å². The summed E-state index contributed by atoms with van der Waals surface area (Å²) in [4.78, 5) is 60.6. The van der Waals surface area contributed by atoms with E-state index in [4.69, 9.17) is 16.6 Å². The van der Waals surface area contributed by atoms with Gasteiger partial charge in [0.25, 0.3) is 0 Å². The predicted molar refractivity (Wildman–Crippen MR) is 100 cm³/mol. The topological polar surface area (TPSA) is 205 Å². The molecule has 0 spiro atoms. The summed E-state index contributed by atoms with van der Waals surface area (Å²) in [5.41, 5.74) is 10.7. The quantitative estimate of drug-likeness (QED) is 0.187. The Hall–Kier alpha value is -2.73. The Balaban J connectivity index is 2.82. The van der Waals surface area contributed by atoms with Crippen LogP contribution in [-0.4, -0.2) is 82.5 Å². The summed E-state index contributed by atoms with van der Waals surface area (Å²) in [6, 6.07) is -3.56. The van der Waals surface area contributed by atoms with E-state index in [-0.39, 0.29) is 13.0 Å². The molecule has 0 aromatic rings. The van der Waals surface area contributed by atoms with Gasteiger partial charge >= 0.3 is 11.9 Å². The highest BCUT2D eigenvalue weighted by Crippen LogP contribution is 2.17. The number of hydrogen-bond acceptors (Lipinski definition) is 7. The molecule has 0 saturated carbocycles. The Labute approximate surface area is 168 Å². The van der Waals surface area contributed by atoms with Crippen LogP contribution in [0.5, 0.6) is 0 Å². The van der Waals surface area contributed by atoms with Crippen molar-refractivity contribution in [2.75, 3.05) is 19.6 Å². The van der Waals surface area contributed by atoms with Gasteiger partial charge in [-0.15, -0.1) is 0 Å². The van der Waals surface area contributed by atoms with E-state index < -0.39 is 54.2 Å². The second-order valence-electron chi connectivity index (χ2n) is 6.79. The summed E-state index contributed by atoms with van der Waals surface area (Å²) < 4.78 is 0. The molecular weight excluding hydrogens is 386 g/mol. The number of carboxylic acids is 2. The fourth-order valence-electron chi connectivity index (χ4n) is 3.13. The van der Waals surface area contributed by atoms with Crippen LogP contribution in [0.25, 0.3) is 0 Å². The molecule has 12 nitrogen and oxygen atoms in total. The molecule has 0 bridgehead atoms. The number of aliphatic carboxylic acids is 2. The van der Waals surface area contributed by atoms with Gasteiger partial charge in [-0.3, -0.25) is 19.2 Å². The lowest BCUT2D eigenvalue weighted by Crippen LogP contribution is -2.56. The normalized spacial score (nSPS) is 18.0. The van der Waals surface area contributed by atoms with Crippen molar-refractivity contribution in [3.63, 3.8) is 0 Å². The number of unbranched alkanes of at least 4 members (excludes halogenated alkanes) is 1. The molecule has 0 radical (unpaired) electrons. The molecule has 1 aliphatic heterocycles. The molecule has 1 fully saturated rings. The van der Waals surface area contributed by atoms with Gasteiger partial charge in [0.1, 0.15) is 18.1 Å². The average molecular weight is 415 g/mol. The first kappa shape index (κ1) is 24.3. The van der Waals surface area contributed by atoms with E-state index in [1.165, 1.54) is 4.90 Å². The monoisotopic (exact) mass is 415 g/mol. The molecule has 3 unspecified atom stereocenters. The zero-order chi connectivity index (χ0) is 22.0. The predicted octanol–water partition coefficient (Wildman–Crippen LogP) is -2.41. The minimum Gasteiger partial charge on any atom is -0.481 e. The number of carbonyl (C=O) groups excluding carboxylic acids is 3. The van der Waals surface area contributed by atoms with Crippen molar-refractivity contribution in [3.8, 4) is 0 Å². The fraction of sp³-hybridized carbons (Fsp3) is 0.706. The van der Waals surface area contributed by atoms with Gasteiger partial charge in [0, 0.05) is 6.54 Å². The van der Waals surface area contributed by atoms with Gasteiger partial charge in [-0.05, 0) is 38.6 Å². The highest BCUT2D eigenvalue weighted by Gasteiger charge is 2.36. The molecule has 12 heteroatoms. The maximum Gasteiger partial charge on any atom is 0.326 e. The first-order chi connectivity index (χ1) is 13.7. The third-order valence-electron chi connectivity index (χ3n) is 4.62. The van der Waals surface area contributed by atoms with Gasteiger partial charge in [0.2, 0.25) is 17.7 Å². The van der Waals surface area contributed by atoms with Crippen molar-refractivity contribution in [3.05, 3.63) is 0 Å². The lowest BCUT2D eigenvalue weighted by Gasteiger charge is -2.26. The first-order valence-corrected chi connectivity index (χ1v) is 9.46. The minimum absolute atomic E-state index is 0.118. The van der Waals surface area contributed by atoms with Crippen LogP contribution >= 0.6 is 0 Å². The van der Waals surface area contributed by atoms with Crippen LogP contribution in [0.1, 0.15) is 38.5 Å². The van der Waals surface area contributed by atoms with Crippen LogP contribution in [0.4, 0.5) is 0 Å². The van der Waals surface area contributed by atoms with Crippen LogP contribution in [0.15, 0.2) is 0 Å². The largest absolute Gasteiger partial charge is 0.481 e. The van der Waals surface area contributed by atoms with E-state index in [0.717, 1.165) is 0 Å². The van der Waals surface area contributed by atoms with Crippen molar-refractivity contribution in [2.24, 2.45) is 11.5 Å². The molecule has 164 valence electrons. The van der Waals surface area contributed by atoms with Crippen LogP contribution < -0.4 is 22.1 Å². The highest BCUT2D eigenvalue weighted by atomic mass is 16.4. The van der Waals surface area contributed by atoms with Crippen LogP contribution in [0.2, 0.25) is 0 Å². The second-order valence-corrected chi connectivity index (χ2v) is 6.79. The zero-order valence-corrected chi connectivity index (χ0v) is 16.1. The van der Waals surface area contributed by atoms with E-state index in [0.29, 0.717) is 38.8 Å². The summed E-state index contributed by atoms with van der Waals surface area (Å²) in [5.74, 6) is -4.64. The molecule has 1 aliphatic rings. The van der Waals surface area contributed by atoms with Crippen molar-refractivity contribution in [1.82, 2.24) is 15.5 Å². The highest BCUT2D eigenvalue weighted by molar-refractivity contribution is 5.95. The molecule has 0 aromatic heterocycles. The van der Waals surface area contributed by atoms with E-state index in [2.05, 4.69) is 10.6 Å². The van der Waals surface area contributed by atoms with E-state index in [9.17, 15) is 29.1 Å². The van der Waals surface area contributed by atoms with Gasteiger partial charge in [-0.2, -0.15) is 0 Å². The third-order valence-corrected chi connectivity index (χ3v) is 4.62. The van der Waals surface area contributed by atoms with Gasteiger partial charge in [-0.25, -0.2) is 4.79 Å². The van der Waals surface area contributed by atoms with Crippen LogP contribution in [0.3, 0.4) is 0 Å². The maximum absolute atomic E-state index is 12.6. The summed E-state index contributed by atoms with van der Waals surface area (Å²) in [7, 11) is 0. The molecule has 8 N–H and O–H groups in total. The number of carboxylic acid groups (broad SMARTS) is 2. The molecule has 1 saturated heterocycles. The average Bonchev–Trinajstić information content (AvgIpc) is 3.15. The van der Waals surface area contributed by atoms with Gasteiger partial charge in [0.05, 0.1) is 13.0 Å². The van der Waals surface area contributed by atoms with Gasteiger partial charge in [-0.1, -0.05) is 0 Å². The molecular formula is C17H29N5O7. The van der Waals surface area contributed by atoms with Crippen LogP contribution in [-0.2, 0) is 24.0 Å². The Kier molecular flexibility index (Phi) is 10.0. The molecule has 3 amide bonds. The SMILES string of the molecule is NCCCCC(NC(=O)C(CC(=O)O)NC(=O)C1CCCN1C(=O)CN)C(=O)O. The molecule has 0 aliphatic carbocycles. The molecule has 1 rings (SSSR count). The molecule has 3 atom stereocenters. The molecule has 0 aromatic carbocycles. The van der Waals surface area contributed by atoms with Crippen LogP contribution in [0, 0.1) is 0 Å². The van der Waals surface area contributed by atoms with Gasteiger partial charge < -0.3 is 37.2 Å². The first-order valence-electron chi connectivity index (χ1n) is 9.46. The summed E-state index contributed by atoms with van der Waals surface area (Å²) in [5, 5.41) is 22.9. The Morgan fingerprint density at radius 1 is 1.03 bits per heavy atom. The second kappa shape index (κ2) is 12.0. The van der Waals surface area contributed by atoms with Gasteiger partial charge in [0.15, 0.2) is 0 Å². The molecule has 29 heavy (non-hydrogen) atoms. The van der Waals surface area contributed by atoms with E-state index >= 15 is 0 Å². The number of hydrogen-bond donors (Lipinski definition) is 6. The maximum atomic E-state index is 12.6. The number of nitrogens with two attached hydrogens (primary N) is 2. The van der Waals surface area contributed by atoms with E-state index in [1.54, 1.807) is 0 Å². The standard InChI is InChI=1S/C17H29N5O7/c18-6-2-1-4-10(17(28)29)20-15(26)11(8-14(24)25)21-16(27)12-5-3-7-22(12)13(23)9-19/h10-12H,1-9,18-19H2,(H,20,26)(H,21,27)(H,24,25)(H,28,29). The minimum atomic E-state index is -1.48. The number of carbonyl (C=O) groups is 5. The fourth-order valence-corrected chi connectivity index (χ4v) is 3.13. The lowest BCUT2D eigenvalue weighted by molar-refractivity contribution is -0.144. The van der Waals surface area contributed by atoms with E-state index in [1.807, 2.05) is 0 Å². The van der Waals surface area contributed by atoms with Crippen molar-refractivity contribution in [1.29, 1.82) is 0 Å². The number of amides is 3. The number of nitrogens with one attached hydrogen (secondary N) is 2. The molecule has 1 heterocycles. The summed E-state index contributed by atoms with van der Waals surface area (Å²) in [6.07, 6.45) is 1.35. The zero-order valence-electron chi connectivity index (χ0n) is 16.1. The number of nitrogens with zero attached hydrogens (tertiary/aromatic N) is 1. The Morgan fingerprint density at radius 2 is 1.72 bits per heavy atom. The third kappa shape index (κ3) is 7.66. The lowest BCUT2D eigenvalue weighted by atomic mass is 10.1. The number of rotatable bonds is 12. The Morgan fingerprint density at radius 3 is 2.28 bits per heavy atom. The Bertz CT molecular complexity index is 627. The summed E-state index contributed by atoms with van der Waals surface area (Å²) in [6.45, 7) is 0.440. The van der Waals surface area contributed by atoms with Crippen molar-refractivity contribution >= 4 is 29.7 Å². The summed E-state index contributed by atoms with van der Waals surface area (Å²) >= 11 is 0. The smallest absolute Gasteiger partial charge is 0.326 e. The number of likely N-dealkylation sites (tertiary alicyclic amines) is 1.